The van der Waals surface area contributed by atoms with Gasteiger partial charge in [-0.05, 0) is 51.3 Å². The van der Waals surface area contributed by atoms with E-state index >= 15 is 0 Å². The first-order valence-electron chi connectivity index (χ1n) is 11.1. The van der Waals surface area contributed by atoms with Gasteiger partial charge in [0.1, 0.15) is 12.1 Å². The van der Waals surface area contributed by atoms with Crippen LogP contribution in [-0.2, 0) is 16.0 Å². The van der Waals surface area contributed by atoms with Crippen LogP contribution < -0.4 is 10.6 Å². The fourth-order valence-electron chi connectivity index (χ4n) is 4.23. The number of rotatable bonds is 11. The van der Waals surface area contributed by atoms with Crippen molar-refractivity contribution in [2.45, 2.75) is 63.8 Å². The lowest BCUT2D eigenvalue weighted by molar-refractivity contribution is -0.136. The van der Waals surface area contributed by atoms with Crippen LogP contribution in [-0.4, -0.2) is 75.8 Å². The maximum atomic E-state index is 12.6. The number of benzene rings is 1. The Kier molecular flexibility index (Phi) is 8.06. The van der Waals surface area contributed by atoms with Gasteiger partial charge in [0.15, 0.2) is 0 Å². The number of amides is 2. The number of aliphatic hydroxyl groups excluding tert-OH is 2. The second-order valence-electron chi connectivity index (χ2n) is 8.64. The number of nitrogens with zero attached hydrogens (tertiary/aromatic N) is 1. The molecule has 1 aromatic carbocycles. The number of piperazine rings is 1. The third kappa shape index (κ3) is 6.53. The number of aromatic amines is 1. The number of aromatic nitrogens is 1. The van der Waals surface area contributed by atoms with Crippen LogP contribution in [0, 0.1) is 0 Å². The van der Waals surface area contributed by atoms with E-state index in [1.807, 2.05) is 35.4 Å². The zero-order chi connectivity index (χ0) is 22.4. The van der Waals surface area contributed by atoms with E-state index in [0.29, 0.717) is 25.9 Å². The summed E-state index contributed by atoms with van der Waals surface area (Å²) in [5, 5.41) is 26.0. The molecule has 0 radical (unpaired) electrons. The molecule has 2 amide bonds. The summed E-state index contributed by atoms with van der Waals surface area (Å²) in [5.41, 5.74) is 2.02. The van der Waals surface area contributed by atoms with E-state index < -0.39 is 24.3 Å². The van der Waals surface area contributed by atoms with Crippen molar-refractivity contribution in [1.29, 1.82) is 0 Å². The van der Waals surface area contributed by atoms with Gasteiger partial charge in [0.05, 0.1) is 12.2 Å². The zero-order valence-corrected chi connectivity index (χ0v) is 18.3. The number of carbonyl (C=O) groups is 2. The number of hydrogen-bond donors (Lipinski definition) is 5. The Morgan fingerprint density at radius 1 is 0.968 bits per heavy atom. The highest BCUT2D eigenvalue weighted by molar-refractivity contribution is 5.97. The van der Waals surface area contributed by atoms with Gasteiger partial charge in [-0.2, -0.15) is 0 Å². The van der Waals surface area contributed by atoms with E-state index in [1.54, 1.807) is 13.8 Å². The number of fused-ring (bicyclic) bond motifs is 1. The number of unbranched alkanes of at least 4 members (excludes halogenated alkanes) is 1. The molecule has 1 saturated heterocycles. The molecule has 4 unspecified atom stereocenters. The van der Waals surface area contributed by atoms with Crippen molar-refractivity contribution >= 4 is 22.7 Å². The van der Waals surface area contributed by atoms with Crippen molar-refractivity contribution in [1.82, 2.24) is 20.5 Å². The highest BCUT2D eigenvalue weighted by Crippen LogP contribution is 2.20. The second kappa shape index (κ2) is 10.7. The molecule has 8 heteroatoms. The van der Waals surface area contributed by atoms with Gasteiger partial charge in [0.2, 0.25) is 11.8 Å². The van der Waals surface area contributed by atoms with E-state index in [0.717, 1.165) is 35.9 Å². The molecule has 1 aromatic heterocycles. The maximum absolute atomic E-state index is 12.6. The summed E-state index contributed by atoms with van der Waals surface area (Å²) in [6, 6.07) is 6.81. The Hall–Kier alpha value is -2.42. The number of hydrogen-bond acceptors (Lipinski definition) is 5. The quantitative estimate of drug-likeness (QED) is 0.340. The van der Waals surface area contributed by atoms with E-state index in [4.69, 9.17) is 0 Å². The van der Waals surface area contributed by atoms with Gasteiger partial charge in [-0.3, -0.25) is 14.5 Å². The largest absolute Gasteiger partial charge is 0.392 e. The minimum absolute atomic E-state index is 0.144. The fraction of sp³-hybridized carbons (Fsp3) is 0.565. The Bertz CT molecular complexity index is 869. The third-order valence-electron chi connectivity index (χ3n) is 5.63. The molecule has 2 heterocycles. The third-order valence-corrected chi connectivity index (χ3v) is 5.63. The highest BCUT2D eigenvalue weighted by atomic mass is 16.3. The lowest BCUT2D eigenvalue weighted by Gasteiger charge is -2.30. The van der Waals surface area contributed by atoms with Crippen LogP contribution >= 0.6 is 0 Å². The summed E-state index contributed by atoms with van der Waals surface area (Å²) in [6.07, 6.45) is 3.56. The molecule has 170 valence electrons. The number of nitrogens with one attached hydrogen (secondary N) is 3. The van der Waals surface area contributed by atoms with E-state index in [-0.39, 0.29) is 11.8 Å². The minimum atomic E-state index is -0.574. The molecule has 8 nitrogen and oxygen atoms in total. The topological polar surface area (TPSA) is 118 Å². The van der Waals surface area contributed by atoms with Crippen LogP contribution in [0.25, 0.3) is 10.9 Å². The van der Waals surface area contributed by atoms with Crippen molar-refractivity contribution < 1.29 is 19.8 Å². The van der Waals surface area contributed by atoms with Gasteiger partial charge in [-0.15, -0.1) is 0 Å². The van der Waals surface area contributed by atoms with Crippen LogP contribution in [0.5, 0.6) is 0 Å². The SMILES string of the molecule is CC(O)CN(CCCCC1NC(=O)C(Cc2c[nH]c3ccccc23)NC1=O)CC(C)O. The van der Waals surface area contributed by atoms with Crippen molar-refractivity contribution in [2.75, 3.05) is 19.6 Å². The molecule has 4 atom stereocenters. The summed E-state index contributed by atoms with van der Waals surface area (Å²) in [4.78, 5) is 30.4. The van der Waals surface area contributed by atoms with Gasteiger partial charge in [0.25, 0.3) is 0 Å². The molecule has 0 spiro atoms. The fourth-order valence-corrected chi connectivity index (χ4v) is 4.23. The molecule has 31 heavy (non-hydrogen) atoms. The first-order chi connectivity index (χ1) is 14.8. The van der Waals surface area contributed by atoms with Crippen LogP contribution in [0.3, 0.4) is 0 Å². The van der Waals surface area contributed by atoms with Gasteiger partial charge >= 0.3 is 0 Å². The van der Waals surface area contributed by atoms with Crippen molar-refractivity contribution in [3.05, 3.63) is 36.0 Å². The number of carbonyl (C=O) groups excluding carboxylic acids is 2. The summed E-state index contributed by atoms with van der Waals surface area (Å²) in [6.45, 7) is 5.18. The van der Waals surface area contributed by atoms with E-state index in [9.17, 15) is 19.8 Å². The highest BCUT2D eigenvalue weighted by Gasteiger charge is 2.33. The normalized spacial score (nSPS) is 21.2. The number of H-pyrrole nitrogens is 1. The van der Waals surface area contributed by atoms with Gasteiger partial charge in [-0.1, -0.05) is 18.2 Å². The smallest absolute Gasteiger partial charge is 0.243 e. The average molecular weight is 431 g/mol. The summed E-state index contributed by atoms with van der Waals surface area (Å²) in [7, 11) is 0. The average Bonchev–Trinajstić information content (AvgIpc) is 3.10. The van der Waals surface area contributed by atoms with Crippen LogP contribution in [0.4, 0.5) is 0 Å². The van der Waals surface area contributed by atoms with Gasteiger partial charge in [0, 0.05) is 36.6 Å². The van der Waals surface area contributed by atoms with Crippen molar-refractivity contribution in [2.24, 2.45) is 0 Å². The predicted molar refractivity (Wildman–Crippen MR) is 120 cm³/mol. The van der Waals surface area contributed by atoms with Gasteiger partial charge < -0.3 is 25.8 Å². The summed E-state index contributed by atoms with van der Waals surface area (Å²) >= 11 is 0. The number of aliphatic hydroxyl groups is 2. The monoisotopic (exact) mass is 430 g/mol. The molecule has 2 aromatic rings. The number of para-hydroxylation sites is 1. The summed E-state index contributed by atoms with van der Waals surface area (Å²) in [5.74, 6) is -0.297. The standard InChI is InChI=1S/C23H34N4O4/c1-15(28)13-27(14-16(2)29)10-6-5-9-20-22(30)26-21(23(31)25-20)11-17-12-24-19-8-4-3-7-18(17)19/h3-4,7-8,12,15-16,20-21,24,28-29H,5-6,9-11,13-14H2,1-2H3,(H,25,31)(H,26,30). The Morgan fingerprint density at radius 2 is 1.61 bits per heavy atom. The van der Waals surface area contributed by atoms with E-state index in [2.05, 4.69) is 15.6 Å². The molecule has 5 N–H and O–H groups in total. The molecule has 0 aliphatic carbocycles. The summed E-state index contributed by atoms with van der Waals surface area (Å²) < 4.78 is 0. The van der Waals surface area contributed by atoms with Gasteiger partial charge in [-0.25, -0.2) is 0 Å². The van der Waals surface area contributed by atoms with Crippen molar-refractivity contribution in [3.63, 3.8) is 0 Å². The van der Waals surface area contributed by atoms with Crippen LogP contribution in [0.2, 0.25) is 0 Å². The molecule has 0 saturated carbocycles. The lowest BCUT2D eigenvalue weighted by atomic mass is 9.99. The van der Waals surface area contributed by atoms with E-state index in [1.165, 1.54) is 0 Å². The first kappa shape index (κ1) is 23.2. The Morgan fingerprint density at radius 3 is 2.32 bits per heavy atom. The zero-order valence-electron chi connectivity index (χ0n) is 18.3. The minimum Gasteiger partial charge on any atom is -0.392 e. The maximum Gasteiger partial charge on any atom is 0.243 e. The van der Waals surface area contributed by atoms with Crippen molar-refractivity contribution in [3.8, 4) is 0 Å². The molecule has 0 bridgehead atoms. The molecule has 3 rings (SSSR count). The Balaban J connectivity index is 1.46. The first-order valence-corrected chi connectivity index (χ1v) is 11.1. The predicted octanol–water partition coefficient (Wildman–Crippen LogP) is 0.928. The molecular weight excluding hydrogens is 396 g/mol. The van der Waals surface area contributed by atoms with Crippen LogP contribution in [0.15, 0.2) is 30.5 Å². The molecular formula is C23H34N4O4. The molecule has 1 aliphatic rings. The molecule has 1 aliphatic heterocycles. The second-order valence-corrected chi connectivity index (χ2v) is 8.64. The lowest BCUT2D eigenvalue weighted by Crippen LogP contribution is -2.62. The Labute approximate surface area is 183 Å². The van der Waals surface area contributed by atoms with Crippen LogP contribution in [0.1, 0.15) is 38.7 Å². The molecule has 1 fully saturated rings.